The minimum absolute atomic E-state index is 0.0321. The highest BCUT2D eigenvalue weighted by Gasteiger charge is 2.20. The fraction of sp³-hybridized carbons (Fsp3) is 0.333. The molecule has 0 saturated carbocycles. The summed E-state index contributed by atoms with van der Waals surface area (Å²) in [5.41, 5.74) is 2.68. The second kappa shape index (κ2) is 7.51. The number of aryl methyl sites for hydroxylation is 1. The van der Waals surface area contributed by atoms with Crippen LogP contribution in [0.15, 0.2) is 42.5 Å². The molecule has 0 bridgehead atoms. The molecule has 0 atom stereocenters. The van der Waals surface area contributed by atoms with E-state index in [-0.39, 0.29) is 17.8 Å². The maximum Gasteiger partial charge on any atom is 0.349 e. The fourth-order valence-electron chi connectivity index (χ4n) is 2.41. The lowest BCUT2D eigenvalue weighted by atomic mass is 9.85. The van der Waals surface area contributed by atoms with Crippen molar-refractivity contribution < 1.29 is 19.1 Å². The van der Waals surface area contributed by atoms with E-state index in [0.29, 0.717) is 17.1 Å². The molecule has 0 fully saturated rings. The van der Waals surface area contributed by atoms with E-state index < -0.39 is 5.97 Å². The molecule has 4 heteroatoms. The average Bonchev–Trinajstić information content (AvgIpc) is 2.53. The second-order valence-electron chi connectivity index (χ2n) is 7.09. The van der Waals surface area contributed by atoms with Crippen molar-refractivity contribution >= 4 is 11.8 Å². The van der Waals surface area contributed by atoms with E-state index >= 15 is 0 Å². The quantitative estimate of drug-likeness (QED) is 0.457. The number of carbonyl (C=O) groups excluding carboxylic acids is 2. The van der Waals surface area contributed by atoms with Crippen LogP contribution in [0.5, 0.6) is 11.5 Å². The summed E-state index contributed by atoms with van der Waals surface area (Å²) in [6.45, 7) is 9.64. The Kier molecular flexibility index (Phi) is 5.62. The Hall–Kier alpha value is -2.62. The van der Waals surface area contributed by atoms with Gasteiger partial charge >= 0.3 is 5.97 Å². The number of rotatable bonds is 5. The number of hydrogen-bond donors (Lipinski definition) is 0. The van der Waals surface area contributed by atoms with Crippen LogP contribution in [0.1, 0.15) is 49.2 Å². The van der Waals surface area contributed by atoms with E-state index in [1.165, 1.54) is 6.92 Å². The van der Waals surface area contributed by atoms with Crippen molar-refractivity contribution in [1.29, 1.82) is 0 Å². The van der Waals surface area contributed by atoms with E-state index in [1.807, 2.05) is 19.1 Å². The summed E-state index contributed by atoms with van der Waals surface area (Å²) in [5.74, 6) is 0.548. The average molecular weight is 340 g/mol. The zero-order valence-electron chi connectivity index (χ0n) is 15.4. The molecule has 2 aromatic carbocycles. The molecule has 25 heavy (non-hydrogen) atoms. The molecule has 0 aliphatic rings. The van der Waals surface area contributed by atoms with Gasteiger partial charge in [0.05, 0.1) is 0 Å². The Morgan fingerprint density at radius 2 is 1.64 bits per heavy atom. The van der Waals surface area contributed by atoms with Crippen molar-refractivity contribution in [3.63, 3.8) is 0 Å². The van der Waals surface area contributed by atoms with Gasteiger partial charge in [-0.25, -0.2) is 4.79 Å². The van der Waals surface area contributed by atoms with Gasteiger partial charge in [-0.05, 0) is 55.2 Å². The molecule has 0 amide bonds. The number of hydrogen-bond acceptors (Lipinski definition) is 4. The summed E-state index contributed by atoms with van der Waals surface area (Å²) >= 11 is 0. The smallest absolute Gasteiger partial charge is 0.349 e. The lowest BCUT2D eigenvalue weighted by Gasteiger charge is -2.23. The molecule has 132 valence electrons. The number of esters is 1. The van der Waals surface area contributed by atoms with Crippen LogP contribution < -0.4 is 9.47 Å². The Bertz CT molecular complexity index is 767. The molecule has 0 N–H and O–H groups in total. The molecule has 4 nitrogen and oxygen atoms in total. The first-order valence-corrected chi connectivity index (χ1v) is 8.22. The molecule has 2 rings (SSSR count). The Balaban J connectivity index is 2.02. The first-order valence-electron chi connectivity index (χ1n) is 8.22. The first-order chi connectivity index (χ1) is 11.7. The third-order valence-electron chi connectivity index (χ3n) is 3.78. The highest BCUT2D eigenvalue weighted by Crippen LogP contribution is 2.32. The maximum atomic E-state index is 12.0. The Morgan fingerprint density at radius 1 is 1.00 bits per heavy atom. The fourth-order valence-corrected chi connectivity index (χ4v) is 2.41. The standard InChI is InChI=1S/C21H24O4/c1-14-6-11-19(18(12-14)21(3,4)5)24-13-20(23)25-17-9-7-16(8-10-17)15(2)22/h6-12H,13H2,1-5H3. The van der Waals surface area contributed by atoms with Gasteiger partial charge in [0.25, 0.3) is 0 Å². The summed E-state index contributed by atoms with van der Waals surface area (Å²) in [7, 11) is 0. The predicted molar refractivity (Wildman–Crippen MR) is 97.5 cm³/mol. The van der Waals surface area contributed by atoms with Crippen LogP contribution in [0.2, 0.25) is 0 Å². The topological polar surface area (TPSA) is 52.6 Å². The van der Waals surface area contributed by atoms with Gasteiger partial charge in [-0.15, -0.1) is 0 Å². The highest BCUT2D eigenvalue weighted by atomic mass is 16.6. The van der Waals surface area contributed by atoms with Crippen molar-refractivity contribution in [2.24, 2.45) is 0 Å². The van der Waals surface area contributed by atoms with Crippen LogP contribution >= 0.6 is 0 Å². The molecule has 0 spiro atoms. The molecule has 0 aromatic heterocycles. The van der Waals surface area contributed by atoms with Gasteiger partial charge < -0.3 is 9.47 Å². The third-order valence-corrected chi connectivity index (χ3v) is 3.78. The molecule has 0 unspecified atom stereocenters. The number of benzene rings is 2. The summed E-state index contributed by atoms with van der Waals surface area (Å²) in [6.07, 6.45) is 0. The lowest BCUT2D eigenvalue weighted by molar-refractivity contribution is -0.136. The number of Topliss-reactive ketones (excluding diaryl/α,β-unsaturated/α-hetero) is 1. The normalized spacial score (nSPS) is 11.1. The van der Waals surface area contributed by atoms with Gasteiger partial charge in [-0.3, -0.25) is 4.79 Å². The van der Waals surface area contributed by atoms with Gasteiger partial charge in [0.2, 0.25) is 0 Å². The number of ketones is 1. The highest BCUT2D eigenvalue weighted by molar-refractivity contribution is 5.94. The SMILES string of the molecule is CC(=O)c1ccc(OC(=O)COc2ccc(C)cc2C(C)(C)C)cc1. The minimum Gasteiger partial charge on any atom is -0.482 e. The number of ether oxygens (including phenoxy) is 2. The van der Waals surface area contributed by atoms with Crippen LogP contribution in [0.25, 0.3) is 0 Å². The van der Waals surface area contributed by atoms with Crippen molar-refractivity contribution in [1.82, 2.24) is 0 Å². The molecular weight excluding hydrogens is 316 g/mol. The molecule has 0 radical (unpaired) electrons. The summed E-state index contributed by atoms with van der Waals surface area (Å²) in [6, 6.07) is 12.4. The van der Waals surface area contributed by atoms with Crippen LogP contribution in [0.4, 0.5) is 0 Å². The summed E-state index contributed by atoms with van der Waals surface area (Å²) in [5, 5.41) is 0. The summed E-state index contributed by atoms with van der Waals surface area (Å²) in [4.78, 5) is 23.3. The Morgan fingerprint density at radius 3 is 2.20 bits per heavy atom. The minimum atomic E-state index is -0.490. The van der Waals surface area contributed by atoms with Gasteiger partial charge in [0, 0.05) is 5.56 Å². The number of carbonyl (C=O) groups is 2. The molecule has 0 saturated heterocycles. The van der Waals surface area contributed by atoms with Crippen LogP contribution in [0, 0.1) is 6.92 Å². The second-order valence-corrected chi connectivity index (χ2v) is 7.09. The van der Waals surface area contributed by atoms with Gasteiger partial charge in [0.1, 0.15) is 11.5 Å². The van der Waals surface area contributed by atoms with E-state index in [9.17, 15) is 9.59 Å². The summed E-state index contributed by atoms with van der Waals surface area (Å²) < 4.78 is 10.9. The van der Waals surface area contributed by atoms with Crippen molar-refractivity contribution in [2.45, 2.75) is 40.0 Å². The molecule has 0 aliphatic heterocycles. The first kappa shape index (κ1) is 18.7. The molecule has 2 aromatic rings. The van der Waals surface area contributed by atoms with Crippen LogP contribution in [0.3, 0.4) is 0 Å². The third kappa shape index (κ3) is 5.18. The zero-order chi connectivity index (χ0) is 18.6. The molecule has 0 heterocycles. The maximum absolute atomic E-state index is 12.0. The van der Waals surface area contributed by atoms with E-state index in [4.69, 9.17) is 9.47 Å². The van der Waals surface area contributed by atoms with Crippen molar-refractivity contribution in [3.05, 3.63) is 59.2 Å². The Labute approximate surface area is 148 Å². The van der Waals surface area contributed by atoms with Gasteiger partial charge in [-0.2, -0.15) is 0 Å². The molecule has 0 aliphatic carbocycles. The largest absolute Gasteiger partial charge is 0.482 e. The van der Waals surface area contributed by atoms with Crippen LogP contribution in [-0.4, -0.2) is 18.4 Å². The van der Waals surface area contributed by atoms with E-state index in [0.717, 1.165) is 11.1 Å². The lowest BCUT2D eigenvalue weighted by Crippen LogP contribution is -2.20. The van der Waals surface area contributed by atoms with Crippen molar-refractivity contribution in [3.8, 4) is 11.5 Å². The van der Waals surface area contributed by atoms with Gasteiger partial charge in [-0.1, -0.05) is 38.5 Å². The van der Waals surface area contributed by atoms with E-state index in [1.54, 1.807) is 24.3 Å². The predicted octanol–water partition coefficient (Wildman–Crippen LogP) is 4.48. The van der Waals surface area contributed by atoms with E-state index in [2.05, 4.69) is 26.8 Å². The monoisotopic (exact) mass is 340 g/mol. The zero-order valence-corrected chi connectivity index (χ0v) is 15.4. The van der Waals surface area contributed by atoms with Gasteiger partial charge in [0.15, 0.2) is 12.4 Å². The molecular formula is C21H24O4. The van der Waals surface area contributed by atoms with Crippen LogP contribution in [-0.2, 0) is 10.2 Å². The van der Waals surface area contributed by atoms with Crippen molar-refractivity contribution in [2.75, 3.05) is 6.61 Å².